The average Bonchev–Trinajstić information content (AvgIpc) is 3.10. The third-order valence-corrected chi connectivity index (χ3v) is 5.19. The molecule has 1 fully saturated rings. The minimum Gasteiger partial charge on any atom is -0.379 e. The lowest BCUT2D eigenvalue weighted by molar-refractivity contribution is 0.0365. The molecule has 0 radical (unpaired) electrons. The quantitative estimate of drug-likeness (QED) is 0.636. The van der Waals surface area contributed by atoms with Crippen molar-refractivity contribution in [3.8, 4) is 11.4 Å². The van der Waals surface area contributed by atoms with Crippen molar-refractivity contribution in [3.63, 3.8) is 0 Å². The fourth-order valence-electron chi connectivity index (χ4n) is 3.74. The van der Waals surface area contributed by atoms with E-state index in [1.54, 1.807) is 22.8 Å². The number of nitrogens with one attached hydrogen (secondary N) is 1. The first kappa shape index (κ1) is 22.2. The standard InChI is InChI=1S/C20H24FN5O3.ClH/c1-2-7-26-18-16(19(27)23-20(26)28)25(9-8-24-10-12-29-13-11-24)17(22-18)14-5-3-4-6-15(14)21;/h3-6H,2,7-13H2,1H3,(H,23,27,28);1H. The molecule has 0 amide bonds. The Kier molecular flexibility index (Phi) is 7.06. The second-order valence-corrected chi connectivity index (χ2v) is 7.10. The van der Waals surface area contributed by atoms with Crippen LogP contribution in [0.3, 0.4) is 0 Å². The van der Waals surface area contributed by atoms with E-state index >= 15 is 0 Å². The van der Waals surface area contributed by atoms with Crippen molar-refractivity contribution in [1.82, 2.24) is 24.0 Å². The third-order valence-electron chi connectivity index (χ3n) is 5.19. The maximum Gasteiger partial charge on any atom is 0.330 e. The molecule has 1 aliphatic heterocycles. The van der Waals surface area contributed by atoms with E-state index in [1.165, 1.54) is 10.6 Å². The van der Waals surface area contributed by atoms with Gasteiger partial charge in [-0.1, -0.05) is 19.1 Å². The Bertz CT molecular complexity index is 1130. The Morgan fingerprint density at radius 1 is 1.10 bits per heavy atom. The largest absolute Gasteiger partial charge is 0.379 e. The molecule has 3 heterocycles. The first-order valence-electron chi connectivity index (χ1n) is 9.88. The monoisotopic (exact) mass is 437 g/mol. The van der Waals surface area contributed by atoms with Crippen LogP contribution in [0, 0.1) is 5.82 Å². The number of imidazole rings is 1. The predicted molar refractivity (Wildman–Crippen MR) is 115 cm³/mol. The van der Waals surface area contributed by atoms with Gasteiger partial charge in [0.05, 0.1) is 18.8 Å². The second kappa shape index (κ2) is 9.55. The summed E-state index contributed by atoms with van der Waals surface area (Å²) in [6.07, 6.45) is 0.705. The summed E-state index contributed by atoms with van der Waals surface area (Å²) in [5, 5.41) is 0. The predicted octanol–water partition coefficient (Wildman–Crippen LogP) is 1.86. The van der Waals surface area contributed by atoms with Gasteiger partial charge in [0.2, 0.25) is 0 Å². The van der Waals surface area contributed by atoms with Gasteiger partial charge < -0.3 is 9.30 Å². The maximum absolute atomic E-state index is 14.6. The lowest BCUT2D eigenvalue weighted by Crippen LogP contribution is -2.38. The molecule has 1 saturated heterocycles. The van der Waals surface area contributed by atoms with Crippen molar-refractivity contribution < 1.29 is 9.13 Å². The van der Waals surface area contributed by atoms with Gasteiger partial charge in [0.25, 0.3) is 5.56 Å². The van der Waals surface area contributed by atoms with E-state index in [1.807, 2.05) is 6.92 Å². The maximum atomic E-state index is 14.6. The Morgan fingerprint density at radius 2 is 1.83 bits per heavy atom. The minimum atomic E-state index is -0.505. The van der Waals surface area contributed by atoms with Gasteiger partial charge in [0.1, 0.15) is 11.6 Å². The van der Waals surface area contributed by atoms with Crippen LogP contribution in [-0.4, -0.2) is 56.9 Å². The van der Waals surface area contributed by atoms with E-state index in [0.717, 1.165) is 13.1 Å². The van der Waals surface area contributed by atoms with Crippen LogP contribution in [0.4, 0.5) is 4.39 Å². The Balaban J connectivity index is 0.00000256. The van der Waals surface area contributed by atoms with Gasteiger partial charge in [-0.3, -0.25) is 19.2 Å². The van der Waals surface area contributed by atoms with E-state index < -0.39 is 17.1 Å². The molecular formula is C20H25ClFN5O3. The van der Waals surface area contributed by atoms with Crippen molar-refractivity contribution in [3.05, 3.63) is 50.9 Å². The molecule has 4 rings (SSSR count). The number of aryl methyl sites for hydroxylation is 1. The highest BCUT2D eigenvalue weighted by atomic mass is 35.5. The molecule has 2 aromatic heterocycles. The molecule has 0 unspecified atom stereocenters. The molecule has 8 nitrogen and oxygen atoms in total. The SMILES string of the molecule is CCCn1c(=O)[nH]c(=O)c2c1nc(-c1ccccc1F)n2CCN1CCOCC1.Cl. The normalized spacial score (nSPS) is 14.7. The number of hydrogen-bond acceptors (Lipinski definition) is 5. The number of nitrogens with zero attached hydrogens (tertiary/aromatic N) is 4. The molecule has 1 aromatic carbocycles. The van der Waals surface area contributed by atoms with E-state index in [-0.39, 0.29) is 12.4 Å². The van der Waals surface area contributed by atoms with E-state index in [0.29, 0.717) is 61.8 Å². The molecule has 162 valence electrons. The average molecular weight is 438 g/mol. The zero-order valence-electron chi connectivity index (χ0n) is 16.8. The van der Waals surface area contributed by atoms with E-state index in [9.17, 15) is 14.0 Å². The summed E-state index contributed by atoms with van der Waals surface area (Å²) < 4.78 is 23.1. The van der Waals surface area contributed by atoms with Crippen molar-refractivity contribution in [2.24, 2.45) is 0 Å². The number of halogens is 2. The van der Waals surface area contributed by atoms with Gasteiger partial charge in [-0.25, -0.2) is 14.2 Å². The number of rotatable bonds is 6. The molecule has 10 heteroatoms. The Hall–Kier alpha value is -2.49. The van der Waals surface area contributed by atoms with Gasteiger partial charge in [-0.15, -0.1) is 12.4 Å². The summed E-state index contributed by atoms with van der Waals surface area (Å²) in [4.78, 5) is 34.2. The van der Waals surface area contributed by atoms with Crippen LogP contribution in [-0.2, 0) is 17.8 Å². The van der Waals surface area contributed by atoms with Gasteiger partial charge >= 0.3 is 5.69 Å². The van der Waals surface area contributed by atoms with Gasteiger partial charge in [0, 0.05) is 32.7 Å². The zero-order chi connectivity index (χ0) is 20.4. The molecule has 0 bridgehead atoms. The van der Waals surface area contributed by atoms with Gasteiger partial charge in [-0.05, 0) is 18.6 Å². The number of hydrogen-bond donors (Lipinski definition) is 1. The number of aromatic amines is 1. The highest BCUT2D eigenvalue weighted by Gasteiger charge is 2.22. The number of aromatic nitrogens is 4. The molecule has 3 aromatic rings. The molecule has 1 N–H and O–H groups in total. The van der Waals surface area contributed by atoms with Gasteiger partial charge in [-0.2, -0.15) is 0 Å². The topological polar surface area (TPSA) is 85.2 Å². The van der Waals surface area contributed by atoms with Crippen LogP contribution in [0.2, 0.25) is 0 Å². The van der Waals surface area contributed by atoms with Crippen LogP contribution in [0.1, 0.15) is 13.3 Å². The summed E-state index contributed by atoms with van der Waals surface area (Å²) in [5.41, 5.74) is -0.109. The number of ether oxygens (including phenoxy) is 1. The van der Waals surface area contributed by atoms with Crippen LogP contribution in [0.25, 0.3) is 22.6 Å². The summed E-state index contributed by atoms with van der Waals surface area (Å²) in [7, 11) is 0. The molecule has 0 atom stereocenters. The highest BCUT2D eigenvalue weighted by molar-refractivity contribution is 5.85. The van der Waals surface area contributed by atoms with Crippen molar-refractivity contribution in [2.45, 2.75) is 26.4 Å². The smallest absolute Gasteiger partial charge is 0.330 e. The van der Waals surface area contributed by atoms with Crippen LogP contribution in [0.5, 0.6) is 0 Å². The van der Waals surface area contributed by atoms with E-state index in [4.69, 9.17) is 4.74 Å². The second-order valence-electron chi connectivity index (χ2n) is 7.10. The van der Waals surface area contributed by atoms with Crippen molar-refractivity contribution >= 4 is 23.6 Å². The molecule has 0 aliphatic carbocycles. The fraction of sp³-hybridized carbons (Fsp3) is 0.450. The number of morpholine rings is 1. The number of H-pyrrole nitrogens is 1. The fourth-order valence-corrected chi connectivity index (χ4v) is 3.74. The van der Waals surface area contributed by atoms with Crippen LogP contribution < -0.4 is 11.2 Å². The minimum absolute atomic E-state index is 0. The summed E-state index contributed by atoms with van der Waals surface area (Å²) in [6.45, 7) is 6.43. The van der Waals surface area contributed by atoms with E-state index in [2.05, 4.69) is 14.9 Å². The summed E-state index contributed by atoms with van der Waals surface area (Å²) >= 11 is 0. The summed E-state index contributed by atoms with van der Waals surface area (Å²) in [5.74, 6) is -0.0661. The zero-order valence-corrected chi connectivity index (χ0v) is 17.6. The van der Waals surface area contributed by atoms with Crippen molar-refractivity contribution in [2.75, 3.05) is 32.8 Å². The molecule has 30 heavy (non-hydrogen) atoms. The highest BCUT2D eigenvalue weighted by Crippen LogP contribution is 2.25. The Morgan fingerprint density at radius 3 is 2.53 bits per heavy atom. The third kappa shape index (κ3) is 4.19. The first-order chi connectivity index (χ1) is 14.1. The van der Waals surface area contributed by atoms with Gasteiger partial charge in [0.15, 0.2) is 11.2 Å². The molecular weight excluding hydrogens is 413 g/mol. The molecule has 1 aliphatic rings. The lowest BCUT2D eigenvalue weighted by Gasteiger charge is -2.26. The first-order valence-corrected chi connectivity index (χ1v) is 9.88. The Labute approximate surface area is 178 Å². The molecule has 0 spiro atoms. The van der Waals surface area contributed by atoms with Crippen LogP contribution in [0.15, 0.2) is 33.9 Å². The molecule has 0 saturated carbocycles. The van der Waals surface area contributed by atoms with Crippen molar-refractivity contribution in [1.29, 1.82) is 0 Å². The lowest BCUT2D eigenvalue weighted by atomic mass is 10.2. The number of fused-ring (bicyclic) bond motifs is 1. The summed E-state index contributed by atoms with van der Waals surface area (Å²) in [6, 6.07) is 6.34. The number of benzene rings is 1. The van der Waals surface area contributed by atoms with Crippen LogP contribution >= 0.6 is 12.4 Å².